The van der Waals surface area contributed by atoms with Crippen LogP contribution in [0.25, 0.3) is 0 Å². The van der Waals surface area contributed by atoms with Crippen LogP contribution in [0.4, 0.5) is 0 Å². The first kappa shape index (κ1) is 13.0. The first-order chi connectivity index (χ1) is 7.46. The molecule has 0 saturated heterocycles. The van der Waals surface area contributed by atoms with Crippen molar-refractivity contribution in [3.63, 3.8) is 0 Å². The van der Waals surface area contributed by atoms with Gasteiger partial charge in [-0.05, 0) is 26.7 Å². The summed E-state index contributed by atoms with van der Waals surface area (Å²) in [5.41, 5.74) is -0.881. The van der Waals surface area contributed by atoms with Gasteiger partial charge in [0.15, 0.2) is 0 Å². The molecule has 1 fully saturated rings. The first-order valence-electron chi connectivity index (χ1n) is 5.74. The number of carboxylic acids is 1. The van der Waals surface area contributed by atoms with Gasteiger partial charge in [-0.25, -0.2) is 0 Å². The van der Waals surface area contributed by atoms with E-state index in [1.165, 1.54) is 0 Å². The Balaban J connectivity index is 2.45. The molecule has 5 heteroatoms. The Morgan fingerprint density at radius 2 is 1.88 bits per heavy atom. The molecule has 0 bridgehead atoms. The molecule has 0 atom stereocenters. The highest BCUT2D eigenvalue weighted by molar-refractivity contribution is 5.82. The van der Waals surface area contributed by atoms with E-state index >= 15 is 0 Å². The summed E-state index contributed by atoms with van der Waals surface area (Å²) in [7, 11) is 0. The number of aliphatic carboxylic acids is 1. The molecular weight excluding hydrogens is 208 g/mol. The minimum absolute atomic E-state index is 0.0739. The lowest BCUT2D eigenvalue weighted by Crippen LogP contribution is -2.53. The van der Waals surface area contributed by atoms with Crippen molar-refractivity contribution in [1.29, 1.82) is 0 Å². The van der Waals surface area contributed by atoms with E-state index < -0.39 is 11.5 Å². The van der Waals surface area contributed by atoms with E-state index in [1.54, 1.807) is 0 Å². The fourth-order valence-electron chi connectivity index (χ4n) is 2.07. The second-order valence-electron chi connectivity index (χ2n) is 4.67. The molecule has 0 aromatic carbocycles. The van der Waals surface area contributed by atoms with Gasteiger partial charge >= 0.3 is 5.97 Å². The summed E-state index contributed by atoms with van der Waals surface area (Å²) in [6, 6.07) is 0.0821. The van der Waals surface area contributed by atoms with Crippen molar-refractivity contribution in [2.45, 2.75) is 51.1 Å². The number of carbonyl (C=O) groups is 2. The Hall–Kier alpha value is -1.10. The lowest BCUT2D eigenvalue weighted by Gasteiger charge is -2.25. The average molecular weight is 228 g/mol. The second kappa shape index (κ2) is 5.30. The molecule has 92 valence electrons. The van der Waals surface area contributed by atoms with Gasteiger partial charge in [0.1, 0.15) is 5.54 Å². The van der Waals surface area contributed by atoms with Gasteiger partial charge in [0.2, 0.25) is 5.91 Å². The van der Waals surface area contributed by atoms with E-state index in [0.29, 0.717) is 12.8 Å². The topological polar surface area (TPSA) is 78.4 Å². The lowest BCUT2D eigenvalue weighted by molar-refractivity contribution is -0.144. The molecular formula is C11H20N2O3. The fourth-order valence-corrected chi connectivity index (χ4v) is 2.07. The maximum atomic E-state index is 11.4. The summed E-state index contributed by atoms with van der Waals surface area (Å²) in [5.74, 6) is -0.995. The number of hydrogen-bond acceptors (Lipinski definition) is 3. The van der Waals surface area contributed by atoms with Gasteiger partial charge in [-0.3, -0.25) is 14.9 Å². The van der Waals surface area contributed by atoms with Gasteiger partial charge in [-0.15, -0.1) is 0 Å². The third-order valence-electron chi connectivity index (χ3n) is 2.90. The molecule has 0 unspecified atom stereocenters. The molecule has 1 saturated carbocycles. The van der Waals surface area contributed by atoms with Crippen LogP contribution in [0.15, 0.2) is 0 Å². The molecule has 1 aliphatic carbocycles. The molecule has 1 aliphatic rings. The zero-order chi connectivity index (χ0) is 12.2. The van der Waals surface area contributed by atoms with Crippen molar-refractivity contribution in [3.8, 4) is 0 Å². The van der Waals surface area contributed by atoms with Gasteiger partial charge in [-0.2, -0.15) is 0 Å². The zero-order valence-corrected chi connectivity index (χ0v) is 9.88. The lowest BCUT2D eigenvalue weighted by atomic mass is 9.98. The van der Waals surface area contributed by atoms with Crippen LogP contribution in [0.3, 0.4) is 0 Å². The van der Waals surface area contributed by atoms with Crippen molar-refractivity contribution < 1.29 is 14.7 Å². The molecule has 1 amide bonds. The monoisotopic (exact) mass is 228 g/mol. The van der Waals surface area contributed by atoms with Crippen LogP contribution >= 0.6 is 0 Å². The predicted octanol–water partition coefficient (Wildman–Crippen LogP) is 0.498. The van der Waals surface area contributed by atoms with Gasteiger partial charge in [0.05, 0.1) is 6.54 Å². The van der Waals surface area contributed by atoms with E-state index in [4.69, 9.17) is 5.11 Å². The molecule has 0 spiro atoms. The van der Waals surface area contributed by atoms with Crippen LogP contribution in [0.2, 0.25) is 0 Å². The van der Waals surface area contributed by atoms with Crippen LogP contribution in [0, 0.1) is 0 Å². The normalized spacial score (nSPS) is 18.7. The molecule has 1 rings (SSSR count). The summed E-state index contributed by atoms with van der Waals surface area (Å²) in [6.07, 6.45) is 3.03. The van der Waals surface area contributed by atoms with E-state index in [9.17, 15) is 9.59 Å². The highest BCUT2D eigenvalue weighted by atomic mass is 16.4. The van der Waals surface area contributed by atoms with Crippen molar-refractivity contribution >= 4 is 11.9 Å². The van der Waals surface area contributed by atoms with Gasteiger partial charge in [0, 0.05) is 6.04 Å². The Morgan fingerprint density at radius 3 is 2.31 bits per heavy atom. The Kier molecular flexibility index (Phi) is 4.29. The van der Waals surface area contributed by atoms with Crippen LogP contribution < -0.4 is 10.6 Å². The minimum atomic E-state index is -0.881. The summed E-state index contributed by atoms with van der Waals surface area (Å²) < 4.78 is 0. The Morgan fingerprint density at radius 1 is 1.31 bits per heavy atom. The van der Waals surface area contributed by atoms with Gasteiger partial charge in [0.25, 0.3) is 0 Å². The smallest absolute Gasteiger partial charge is 0.323 e. The first-order valence-corrected chi connectivity index (χ1v) is 5.74. The standard InChI is InChI=1S/C11H20N2O3/c1-8(2)13-9(14)7-12-11(10(15)16)5-3-4-6-11/h8,12H,3-7H2,1-2H3,(H,13,14)(H,15,16). The van der Waals surface area contributed by atoms with Crippen LogP contribution in [0.1, 0.15) is 39.5 Å². The quantitative estimate of drug-likeness (QED) is 0.640. The molecule has 0 aromatic rings. The Bertz CT molecular complexity index is 270. The summed E-state index contributed by atoms with van der Waals surface area (Å²) in [5, 5.41) is 14.8. The maximum Gasteiger partial charge on any atom is 0.323 e. The largest absolute Gasteiger partial charge is 0.480 e. The molecule has 16 heavy (non-hydrogen) atoms. The van der Waals surface area contributed by atoms with E-state index in [1.807, 2.05) is 13.8 Å². The van der Waals surface area contributed by atoms with E-state index in [0.717, 1.165) is 12.8 Å². The molecule has 0 heterocycles. The minimum Gasteiger partial charge on any atom is -0.480 e. The maximum absolute atomic E-state index is 11.4. The Labute approximate surface area is 95.6 Å². The summed E-state index contributed by atoms with van der Waals surface area (Å²) in [4.78, 5) is 22.6. The SMILES string of the molecule is CC(C)NC(=O)CNC1(C(=O)O)CCCC1. The number of amides is 1. The van der Waals surface area contributed by atoms with Crippen molar-refractivity contribution in [2.75, 3.05) is 6.54 Å². The third-order valence-corrected chi connectivity index (χ3v) is 2.90. The highest BCUT2D eigenvalue weighted by Gasteiger charge is 2.41. The average Bonchev–Trinajstić information content (AvgIpc) is 2.63. The molecule has 0 aliphatic heterocycles. The van der Waals surface area contributed by atoms with Crippen molar-refractivity contribution in [3.05, 3.63) is 0 Å². The van der Waals surface area contributed by atoms with Gasteiger partial charge in [-0.1, -0.05) is 12.8 Å². The molecule has 0 radical (unpaired) electrons. The van der Waals surface area contributed by atoms with Crippen molar-refractivity contribution in [2.24, 2.45) is 0 Å². The van der Waals surface area contributed by atoms with Crippen LogP contribution in [-0.2, 0) is 9.59 Å². The number of rotatable bonds is 5. The number of carboxylic acid groups (broad SMARTS) is 1. The van der Waals surface area contributed by atoms with Crippen LogP contribution in [0.5, 0.6) is 0 Å². The molecule has 5 nitrogen and oxygen atoms in total. The fraction of sp³-hybridized carbons (Fsp3) is 0.818. The summed E-state index contributed by atoms with van der Waals surface area (Å²) >= 11 is 0. The number of carbonyl (C=O) groups excluding carboxylic acids is 1. The predicted molar refractivity (Wildman–Crippen MR) is 60.1 cm³/mol. The molecule has 0 aromatic heterocycles. The number of nitrogens with one attached hydrogen (secondary N) is 2. The number of hydrogen-bond donors (Lipinski definition) is 3. The van der Waals surface area contributed by atoms with Crippen molar-refractivity contribution in [1.82, 2.24) is 10.6 Å². The zero-order valence-electron chi connectivity index (χ0n) is 9.88. The van der Waals surface area contributed by atoms with E-state index in [2.05, 4.69) is 10.6 Å². The van der Waals surface area contributed by atoms with Gasteiger partial charge < -0.3 is 10.4 Å². The van der Waals surface area contributed by atoms with Crippen LogP contribution in [-0.4, -0.2) is 35.1 Å². The highest BCUT2D eigenvalue weighted by Crippen LogP contribution is 2.29. The third kappa shape index (κ3) is 3.20. The molecule has 3 N–H and O–H groups in total. The second-order valence-corrected chi connectivity index (χ2v) is 4.67. The van der Waals surface area contributed by atoms with E-state index in [-0.39, 0.29) is 18.5 Å². The summed E-state index contributed by atoms with van der Waals surface area (Å²) in [6.45, 7) is 3.82.